The van der Waals surface area contributed by atoms with Crippen molar-refractivity contribution in [1.82, 2.24) is 0 Å². The Morgan fingerprint density at radius 2 is 0.539 bits per heavy atom. The third kappa shape index (κ3) is 63.2. The number of hydrogen-bond donors (Lipinski definition) is 3. The number of ether oxygens (including phenoxy) is 4. The van der Waals surface area contributed by atoms with Crippen LogP contribution in [0.5, 0.6) is 0 Å². The van der Waals surface area contributed by atoms with E-state index >= 15 is 0 Å². The summed E-state index contributed by atoms with van der Waals surface area (Å²) in [5.74, 6) is 0.808. The van der Waals surface area contributed by atoms with E-state index in [1.165, 1.54) is 141 Å². The molecule has 0 aromatic heterocycles. The molecule has 0 heterocycles. The fraction of sp³-hybridized carbons (Fsp3) is 0.943. The molecule has 89 heavy (non-hydrogen) atoms. The molecule has 0 fully saturated rings. The lowest BCUT2D eigenvalue weighted by atomic mass is 10.00. The summed E-state index contributed by atoms with van der Waals surface area (Å²) in [5.41, 5.74) is 0. The van der Waals surface area contributed by atoms with Crippen LogP contribution in [0.4, 0.5) is 0 Å². The van der Waals surface area contributed by atoms with E-state index in [0.29, 0.717) is 31.6 Å². The highest BCUT2D eigenvalue weighted by Gasteiger charge is 2.30. The van der Waals surface area contributed by atoms with Gasteiger partial charge in [-0.2, -0.15) is 0 Å². The zero-order chi connectivity index (χ0) is 66.1. The molecule has 17 nitrogen and oxygen atoms in total. The van der Waals surface area contributed by atoms with E-state index in [1.54, 1.807) is 0 Å². The van der Waals surface area contributed by atoms with Crippen molar-refractivity contribution in [2.24, 2.45) is 23.7 Å². The zero-order valence-corrected chi connectivity index (χ0v) is 59.8. The second kappa shape index (κ2) is 59.8. The molecular formula is C70H136O17P2. The second-order valence-electron chi connectivity index (χ2n) is 26.9. The summed E-state index contributed by atoms with van der Waals surface area (Å²) in [5, 5.41) is 10.6. The Labute approximate surface area is 543 Å². The first kappa shape index (κ1) is 87.1. The van der Waals surface area contributed by atoms with Gasteiger partial charge in [0.05, 0.1) is 26.4 Å². The maximum absolute atomic E-state index is 13.0. The first-order valence-corrected chi connectivity index (χ1v) is 39.2. The number of esters is 4. The Hall–Kier alpha value is -1.94. The number of carbonyl (C=O) groups excluding carboxylic acids is 4. The zero-order valence-electron chi connectivity index (χ0n) is 58.1. The molecule has 0 saturated heterocycles. The van der Waals surface area contributed by atoms with Gasteiger partial charge in [-0.15, -0.1) is 0 Å². The molecule has 0 aliphatic carbocycles. The molecule has 0 saturated carbocycles. The molecule has 0 amide bonds. The van der Waals surface area contributed by atoms with E-state index in [9.17, 15) is 43.2 Å². The number of phosphoric ester groups is 2. The van der Waals surface area contributed by atoms with Crippen molar-refractivity contribution in [3.63, 3.8) is 0 Å². The molecule has 0 aliphatic rings. The fourth-order valence-corrected chi connectivity index (χ4v) is 12.0. The van der Waals surface area contributed by atoms with E-state index in [1.807, 2.05) is 0 Å². The van der Waals surface area contributed by atoms with Crippen LogP contribution in [0.2, 0.25) is 0 Å². The minimum Gasteiger partial charge on any atom is -0.462 e. The molecule has 0 aromatic rings. The molecular weight excluding hydrogens is 1170 g/mol. The molecule has 0 spiro atoms. The number of aliphatic hydroxyl groups excluding tert-OH is 1. The van der Waals surface area contributed by atoms with Gasteiger partial charge in [0.15, 0.2) is 12.2 Å². The molecule has 0 aromatic carbocycles. The van der Waals surface area contributed by atoms with Gasteiger partial charge < -0.3 is 33.8 Å². The molecule has 6 atom stereocenters. The van der Waals surface area contributed by atoms with E-state index in [2.05, 4.69) is 55.4 Å². The van der Waals surface area contributed by atoms with Crippen LogP contribution in [0, 0.1) is 23.7 Å². The molecule has 19 heteroatoms. The fourth-order valence-electron chi connectivity index (χ4n) is 10.5. The summed E-state index contributed by atoms with van der Waals surface area (Å²) in [6, 6.07) is 0. The summed E-state index contributed by atoms with van der Waals surface area (Å²) in [4.78, 5) is 72.4. The summed E-state index contributed by atoms with van der Waals surface area (Å²) in [7, 11) is -9.90. The highest BCUT2D eigenvalue weighted by molar-refractivity contribution is 7.47. The predicted octanol–water partition coefficient (Wildman–Crippen LogP) is 19.7. The van der Waals surface area contributed by atoms with Crippen molar-refractivity contribution in [1.29, 1.82) is 0 Å². The molecule has 0 rings (SSSR count). The minimum atomic E-state index is -4.95. The van der Waals surface area contributed by atoms with Gasteiger partial charge in [-0.25, -0.2) is 9.13 Å². The summed E-state index contributed by atoms with van der Waals surface area (Å²) < 4.78 is 68.2. The number of carbonyl (C=O) groups is 4. The van der Waals surface area contributed by atoms with Crippen LogP contribution in [-0.4, -0.2) is 96.7 Å². The van der Waals surface area contributed by atoms with E-state index in [-0.39, 0.29) is 25.7 Å². The molecule has 0 aliphatic heterocycles. The van der Waals surface area contributed by atoms with E-state index in [0.717, 1.165) is 114 Å². The third-order valence-electron chi connectivity index (χ3n) is 16.4. The summed E-state index contributed by atoms with van der Waals surface area (Å²) >= 11 is 0. The first-order chi connectivity index (χ1) is 42.6. The van der Waals surface area contributed by atoms with Crippen molar-refractivity contribution in [2.45, 2.75) is 363 Å². The SMILES string of the molecule is CCC(C)CCCCCCCCC(=O)OC[C@H](COP(=O)(O)OC[C@H](O)COP(=O)(O)OC[C@@H](COC(=O)CCCCCCCCCCCCCCCCCC(C)C)OC(=O)CCCCCCCCCCCC(C)C)OC(=O)CCCCCCCCC(C)C. The molecule has 0 bridgehead atoms. The Kier molecular flexibility index (Phi) is 58.5. The summed E-state index contributed by atoms with van der Waals surface area (Å²) in [6.07, 6.45) is 42.0. The van der Waals surface area contributed by atoms with Crippen molar-refractivity contribution in [3.8, 4) is 0 Å². The van der Waals surface area contributed by atoms with Crippen LogP contribution in [0.3, 0.4) is 0 Å². The molecule has 3 N–H and O–H groups in total. The molecule has 528 valence electrons. The van der Waals surface area contributed by atoms with Crippen molar-refractivity contribution in [3.05, 3.63) is 0 Å². The lowest BCUT2D eigenvalue weighted by Crippen LogP contribution is -2.30. The van der Waals surface area contributed by atoms with Gasteiger partial charge in [0.1, 0.15) is 19.3 Å². The Balaban J connectivity index is 5.20. The van der Waals surface area contributed by atoms with Gasteiger partial charge >= 0.3 is 39.5 Å². The standard InChI is InChI=1S/C70H136O17P2/c1-9-63(8)49-41-33-27-29-35-43-51-68(73)81-57-66(87-70(75)53-45-37-28-26-32-40-48-62(6)7)59-85-89(78,79)83-55-64(71)54-82-88(76,77)84-58-65(86-69(74)52-44-36-25-21-17-19-23-31-39-47-61(4)5)56-80-67(72)50-42-34-24-20-16-14-12-10-11-13-15-18-22-30-38-46-60(2)3/h60-66,71H,9-59H2,1-8H3,(H,76,77)(H,78,79)/t63?,64-,65-,66-/m1/s1. The largest absolute Gasteiger partial charge is 0.472 e. The highest BCUT2D eigenvalue weighted by Crippen LogP contribution is 2.45. The monoisotopic (exact) mass is 1310 g/mol. The first-order valence-electron chi connectivity index (χ1n) is 36.2. The van der Waals surface area contributed by atoms with Crippen molar-refractivity contribution in [2.75, 3.05) is 39.6 Å². The Morgan fingerprint density at radius 1 is 0.315 bits per heavy atom. The lowest BCUT2D eigenvalue weighted by Gasteiger charge is -2.21. The second-order valence-corrected chi connectivity index (χ2v) is 29.8. The highest BCUT2D eigenvalue weighted by atomic mass is 31.2. The number of unbranched alkanes of at least 4 members (excludes halogenated alkanes) is 32. The topological polar surface area (TPSA) is 237 Å². The van der Waals surface area contributed by atoms with Gasteiger partial charge in [0.25, 0.3) is 0 Å². The number of aliphatic hydroxyl groups is 1. The number of rotatable bonds is 67. The predicted molar refractivity (Wildman–Crippen MR) is 358 cm³/mol. The lowest BCUT2D eigenvalue weighted by molar-refractivity contribution is -0.161. The average molecular weight is 1310 g/mol. The maximum Gasteiger partial charge on any atom is 0.472 e. The third-order valence-corrected chi connectivity index (χ3v) is 18.3. The Bertz CT molecular complexity index is 1770. The number of hydrogen-bond acceptors (Lipinski definition) is 15. The van der Waals surface area contributed by atoms with Gasteiger partial charge in [-0.05, 0) is 49.4 Å². The van der Waals surface area contributed by atoms with Crippen LogP contribution in [0.25, 0.3) is 0 Å². The number of phosphoric acid groups is 2. The van der Waals surface area contributed by atoms with Crippen LogP contribution in [0.15, 0.2) is 0 Å². The van der Waals surface area contributed by atoms with E-state index < -0.39 is 97.5 Å². The summed E-state index contributed by atoms with van der Waals surface area (Å²) in [6.45, 7) is 14.0. The van der Waals surface area contributed by atoms with Crippen LogP contribution >= 0.6 is 15.6 Å². The van der Waals surface area contributed by atoms with Crippen molar-refractivity contribution < 1.29 is 80.2 Å². The maximum atomic E-state index is 13.0. The van der Waals surface area contributed by atoms with Gasteiger partial charge in [-0.1, -0.05) is 293 Å². The van der Waals surface area contributed by atoms with E-state index in [4.69, 9.17) is 37.0 Å². The smallest absolute Gasteiger partial charge is 0.462 e. The van der Waals surface area contributed by atoms with Gasteiger partial charge in [-0.3, -0.25) is 37.3 Å². The Morgan fingerprint density at radius 3 is 0.798 bits per heavy atom. The van der Waals surface area contributed by atoms with Crippen LogP contribution in [0.1, 0.15) is 344 Å². The molecule has 3 unspecified atom stereocenters. The molecule has 0 radical (unpaired) electrons. The van der Waals surface area contributed by atoms with Crippen LogP contribution < -0.4 is 0 Å². The normalized spacial score (nSPS) is 14.6. The van der Waals surface area contributed by atoms with Crippen molar-refractivity contribution >= 4 is 39.5 Å². The van der Waals surface area contributed by atoms with Gasteiger partial charge in [0.2, 0.25) is 0 Å². The van der Waals surface area contributed by atoms with Crippen LogP contribution in [-0.2, 0) is 65.4 Å². The quantitative estimate of drug-likeness (QED) is 0.0222. The minimum absolute atomic E-state index is 0.101. The van der Waals surface area contributed by atoms with Gasteiger partial charge in [0, 0.05) is 25.7 Å². The average Bonchev–Trinajstić information content (AvgIpc) is 3.69.